The van der Waals surface area contributed by atoms with Crippen molar-refractivity contribution in [2.75, 3.05) is 4.72 Å². The van der Waals surface area contributed by atoms with E-state index < -0.39 is 16.0 Å². The Morgan fingerprint density at radius 2 is 1.62 bits per heavy atom. The summed E-state index contributed by atoms with van der Waals surface area (Å²) in [6, 6.07) is 17.2. The van der Waals surface area contributed by atoms with Gasteiger partial charge < -0.3 is 5.11 Å². The Bertz CT molecular complexity index is 1100. The molecule has 0 aliphatic heterocycles. The molecule has 0 heterocycles. The number of carboxylic acids is 1. The normalized spacial score (nSPS) is 11.7. The fraction of sp³-hybridized carbons (Fsp3) is 0.0500. The number of hydrogen-bond donors (Lipinski definition) is 2. The lowest BCUT2D eigenvalue weighted by molar-refractivity contribution is -0.131. The molecule has 0 saturated heterocycles. The first kappa shape index (κ1) is 17.7. The van der Waals surface area contributed by atoms with Crippen LogP contribution in [0.25, 0.3) is 16.8 Å². The summed E-state index contributed by atoms with van der Waals surface area (Å²) in [5, 5.41) is 10.3. The summed E-state index contributed by atoms with van der Waals surface area (Å²) in [4.78, 5) is 10.9. The monoisotopic (exact) mass is 367 g/mol. The summed E-state index contributed by atoms with van der Waals surface area (Å²) in [7, 11) is -3.72. The summed E-state index contributed by atoms with van der Waals surface area (Å²) < 4.78 is 27.9. The Morgan fingerprint density at radius 3 is 2.27 bits per heavy atom. The van der Waals surface area contributed by atoms with Crippen molar-refractivity contribution in [3.63, 3.8) is 0 Å². The summed E-state index contributed by atoms with van der Waals surface area (Å²) >= 11 is 0. The second-order valence-electron chi connectivity index (χ2n) is 5.84. The molecule has 0 radical (unpaired) electrons. The van der Waals surface area contributed by atoms with E-state index in [-0.39, 0.29) is 4.90 Å². The molecule has 5 nitrogen and oxygen atoms in total. The van der Waals surface area contributed by atoms with Crippen LogP contribution in [0.5, 0.6) is 0 Å². The summed E-state index contributed by atoms with van der Waals surface area (Å²) in [6.07, 6.45) is 2.54. The molecule has 0 spiro atoms. The van der Waals surface area contributed by atoms with E-state index in [1.54, 1.807) is 48.5 Å². The van der Waals surface area contributed by atoms with Gasteiger partial charge in [0, 0.05) is 11.5 Å². The van der Waals surface area contributed by atoms with E-state index in [4.69, 9.17) is 5.11 Å². The highest BCUT2D eigenvalue weighted by Crippen LogP contribution is 2.29. The first-order valence-electron chi connectivity index (χ1n) is 7.89. The van der Waals surface area contributed by atoms with Gasteiger partial charge in [0.2, 0.25) is 0 Å². The predicted molar refractivity (Wildman–Crippen MR) is 103 cm³/mol. The second-order valence-corrected chi connectivity index (χ2v) is 7.52. The zero-order chi connectivity index (χ0) is 18.7. The number of carbonyl (C=O) groups is 1. The lowest BCUT2D eigenvalue weighted by Crippen LogP contribution is -2.13. The number of hydrogen-bond acceptors (Lipinski definition) is 3. The van der Waals surface area contributed by atoms with Crippen LogP contribution in [0, 0.1) is 6.92 Å². The van der Waals surface area contributed by atoms with E-state index in [0.29, 0.717) is 16.6 Å². The van der Waals surface area contributed by atoms with E-state index in [9.17, 15) is 13.2 Å². The van der Waals surface area contributed by atoms with Crippen molar-refractivity contribution in [3.05, 3.63) is 77.9 Å². The minimum atomic E-state index is -3.72. The highest BCUT2D eigenvalue weighted by atomic mass is 32.2. The molecule has 2 N–H and O–H groups in total. The fourth-order valence-electron chi connectivity index (χ4n) is 2.64. The molecule has 0 fully saturated rings. The number of rotatable bonds is 5. The van der Waals surface area contributed by atoms with Crippen molar-refractivity contribution in [1.29, 1.82) is 0 Å². The average Bonchev–Trinajstić information content (AvgIpc) is 2.61. The summed E-state index contributed by atoms with van der Waals surface area (Å²) in [5.41, 5.74) is 2.11. The molecule has 0 saturated carbocycles. The van der Waals surface area contributed by atoms with Gasteiger partial charge in [-0.1, -0.05) is 48.0 Å². The summed E-state index contributed by atoms with van der Waals surface area (Å²) in [6.45, 7) is 1.89. The number of aliphatic carboxylic acids is 1. The van der Waals surface area contributed by atoms with Crippen molar-refractivity contribution in [3.8, 4) is 0 Å². The van der Waals surface area contributed by atoms with Gasteiger partial charge in [-0.25, -0.2) is 13.2 Å². The average molecular weight is 367 g/mol. The Labute approximate surface area is 151 Å². The van der Waals surface area contributed by atoms with Crippen molar-refractivity contribution >= 4 is 38.5 Å². The first-order valence-corrected chi connectivity index (χ1v) is 9.37. The molecule has 132 valence electrons. The van der Waals surface area contributed by atoms with E-state index in [1.165, 1.54) is 6.08 Å². The molecule has 0 amide bonds. The zero-order valence-corrected chi connectivity index (χ0v) is 14.8. The van der Waals surface area contributed by atoms with E-state index in [0.717, 1.165) is 17.0 Å². The number of anilines is 1. The number of carboxylic acid groups (broad SMARTS) is 1. The third-order valence-corrected chi connectivity index (χ3v) is 5.32. The lowest BCUT2D eigenvalue weighted by atomic mass is 10.0. The molecule has 3 aromatic rings. The molecule has 0 atom stereocenters. The van der Waals surface area contributed by atoms with Crippen LogP contribution in [0.4, 0.5) is 5.69 Å². The molecule has 3 rings (SSSR count). The van der Waals surface area contributed by atoms with Gasteiger partial charge in [-0.05, 0) is 42.1 Å². The Kier molecular flexibility index (Phi) is 4.77. The second kappa shape index (κ2) is 7.01. The van der Waals surface area contributed by atoms with Crippen LogP contribution < -0.4 is 4.72 Å². The maximum Gasteiger partial charge on any atom is 0.328 e. The van der Waals surface area contributed by atoms with E-state index in [2.05, 4.69) is 4.72 Å². The van der Waals surface area contributed by atoms with Crippen LogP contribution in [0.2, 0.25) is 0 Å². The van der Waals surface area contributed by atoms with Crippen molar-refractivity contribution in [1.82, 2.24) is 0 Å². The highest BCUT2D eigenvalue weighted by Gasteiger charge is 2.15. The highest BCUT2D eigenvalue weighted by molar-refractivity contribution is 7.92. The molecule has 0 aliphatic carbocycles. The van der Waals surface area contributed by atoms with Gasteiger partial charge in [0.25, 0.3) is 10.0 Å². The molecule has 6 heteroatoms. The van der Waals surface area contributed by atoms with Gasteiger partial charge in [-0.15, -0.1) is 0 Å². The van der Waals surface area contributed by atoms with Gasteiger partial charge in [0.15, 0.2) is 0 Å². The maximum atomic E-state index is 12.7. The Balaban J connectivity index is 2.05. The molecule has 0 aliphatic rings. The minimum Gasteiger partial charge on any atom is -0.478 e. The maximum absolute atomic E-state index is 12.7. The van der Waals surface area contributed by atoms with Crippen LogP contribution in [0.15, 0.2) is 71.6 Å². The number of sulfonamides is 1. The first-order chi connectivity index (χ1) is 12.4. The van der Waals surface area contributed by atoms with Crippen LogP contribution >= 0.6 is 0 Å². The van der Waals surface area contributed by atoms with Crippen molar-refractivity contribution < 1.29 is 18.3 Å². The van der Waals surface area contributed by atoms with Gasteiger partial charge in [-0.2, -0.15) is 0 Å². The van der Waals surface area contributed by atoms with Gasteiger partial charge >= 0.3 is 5.97 Å². The topological polar surface area (TPSA) is 83.5 Å². The molecule has 0 bridgehead atoms. The zero-order valence-electron chi connectivity index (χ0n) is 14.0. The SMILES string of the molecule is Cc1ccc(S(=O)(=O)Nc2ccc(/C=C/C(=O)O)c3ccccc23)cc1. The number of aryl methyl sites for hydroxylation is 1. The van der Waals surface area contributed by atoms with Crippen molar-refractivity contribution in [2.24, 2.45) is 0 Å². The minimum absolute atomic E-state index is 0.182. The molecule has 3 aromatic carbocycles. The molecular formula is C20H17NO4S. The Hall–Kier alpha value is -3.12. The van der Waals surface area contributed by atoms with Gasteiger partial charge in [0.05, 0.1) is 10.6 Å². The lowest BCUT2D eigenvalue weighted by Gasteiger charge is -2.12. The third-order valence-electron chi connectivity index (χ3n) is 3.94. The van der Waals surface area contributed by atoms with Crippen LogP contribution in [-0.2, 0) is 14.8 Å². The smallest absolute Gasteiger partial charge is 0.328 e. The van der Waals surface area contributed by atoms with Gasteiger partial charge in [0.1, 0.15) is 0 Å². The number of benzene rings is 3. The van der Waals surface area contributed by atoms with E-state index >= 15 is 0 Å². The molecule has 26 heavy (non-hydrogen) atoms. The third kappa shape index (κ3) is 3.75. The number of nitrogens with one attached hydrogen (secondary N) is 1. The number of fused-ring (bicyclic) bond motifs is 1. The fourth-order valence-corrected chi connectivity index (χ4v) is 3.72. The predicted octanol–water partition coefficient (Wildman–Crippen LogP) is 4.05. The van der Waals surface area contributed by atoms with Gasteiger partial charge in [-0.3, -0.25) is 4.72 Å². The van der Waals surface area contributed by atoms with Crippen LogP contribution in [0.1, 0.15) is 11.1 Å². The molecule has 0 aromatic heterocycles. The molecule has 0 unspecified atom stereocenters. The van der Waals surface area contributed by atoms with Crippen molar-refractivity contribution in [2.45, 2.75) is 11.8 Å². The summed E-state index contributed by atoms with van der Waals surface area (Å²) in [5.74, 6) is -1.04. The Morgan fingerprint density at radius 1 is 0.962 bits per heavy atom. The standard InChI is InChI=1S/C20H17NO4S/c1-14-6-10-16(11-7-14)26(24,25)21-19-12-8-15(9-13-20(22)23)17-4-2-3-5-18(17)19/h2-13,21H,1H3,(H,22,23)/b13-9+. The van der Waals surface area contributed by atoms with E-state index in [1.807, 2.05) is 19.1 Å². The largest absolute Gasteiger partial charge is 0.478 e. The quantitative estimate of drug-likeness (QED) is 0.667. The van der Waals surface area contributed by atoms with Crippen LogP contribution in [0.3, 0.4) is 0 Å². The molecular weight excluding hydrogens is 350 g/mol. The van der Waals surface area contributed by atoms with Crippen LogP contribution in [-0.4, -0.2) is 19.5 Å².